The van der Waals surface area contributed by atoms with Crippen molar-refractivity contribution in [2.45, 2.75) is 38.6 Å². The normalized spacial score (nSPS) is 25.5. The Bertz CT molecular complexity index is 318. The number of hydrogen-bond acceptors (Lipinski definition) is 4. The predicted octanol–water partition coefficient (Wildman–Crippen LogP) is 1.18. The van der Waals surface area contributed by atoms with E-state index in [4.69, 9.17) is 19.9 Å². The number of nitrogens with two attached hydrogens (primary N) is 1. The van der Waals surface area contributed by atoms with Gasteiger partial charge in [0.2, 0.25) is 0 Å². The molecule has 1 atom stereocenters. The molecule has 0 saturated carbocycles. The number of nitrogens with zero attached hydrogens (tertiary/aromatic N) is 2. The van der Waals surface area contributed by atoms with Crippen LogP contribution in [0.25, 0.3) is 0 Å². The van der Waals surface area contributed by atoms with Crippen molar-refractivity contribution in [3.05, 3.63) is 0 Å². The zero-order valence-corrected chi connectivity index (χ0v) is 14.7. The summed E-state index contributed by atoms with van der Waals surface area (Å²) in [5.41, 5.74) is 5.95. The molecule has 0 aromatic rings. The number of aliphatic imine (C=N–C) groups is 1. The van der Waals surface area contributed by atoms with Crippen molar-refractivity contribution in [1.29, 1.82) is 0 Å². The van der Waals surface area contributed by atoms with Crippen LogP contribution in [0.4, 0.5) is 0 Å². The smallest absolute Gasteiger partial charge is 0.191 e. The first-order chi connectivity index (χ1) is 9.19. The molecule has 2 fully saturated rings. The zero-order valence-electron chi connectivity index (χ0n) is 12.3. The first-order valence-electron chi connectivity index (χ1n) is 7.13. The molecule has 0 aromatic heterocycles. The summed E-state index contributed by atoms with van der Waals surface area (Å²) in [6.07, 6.45) is 1.62. The highest BCUT2D eigenvalue weighted by atomic mass is 127. The molecule has 0 aromatic carbocycles. The standard InChI is InChI=1S/C13H25N3O3.HI/c1-3-16(4-2)12(14)15-9-11-10-18-13(19-11)5-7-17-8-6-13;/h11H,3-10H2,1-2H3,(H2,14,15);1H. The van der Waals surface area contributed by atoms with Crippen LogP contribution < -0.4 is 5.73 Å². The molecule has 1 spiro atoms. The van der Waals surface area contributed by atoms with Crippen molar-refractivity contribution in [2.75, 3.05) is 39.5 Å². The minimum Gasteiger partial charge on any atom is -0.381 e. The summed E-state index contributed by atoms with van der Waals surface area (Å²) in [4.78, 5) is 6.44. The number of halogens is 1. The number of hydrogen-bond donors (Lipinski definition) is 1. The Morgan fingerprint density at radius 1 is 1.30 bits per heavy atom. The fourth-order valence-corrected chi connectivity index (χ4v) is 2.49. The first kappa shape index (κ1) is 17.9. The van der Waals surface area contributed by atoms with Crippen LogP contribution in [-0.4, -0.2) is 62.2 Å². The molecule has 6 nitrogen and oxygen atoms in total. The van der Waals surface area contributed by atoms with E-state index in [2.05, 4.69) is 18.8 Å². The Morgan fingerprint density at radius 2 is 1.95 bits per heavy atom. The van der Waals surface area contributed by atoms with Crippen LogP contribution in [0.15, 0.2) is 4.99 Å². The molecule has 118 valence electrons. The molecule has 2 rings (SSSR count). The highest BCUT2D eigenvalue weighted by Gasteiger charge is 2.42. The molecule has 20 heavy (non-hydrogen) atoms. The Balaban J connectivity index is 0.00000200. The van der Waals surface area contributed by atoms with Crippen molar-refractivity contribution in [1.82, 2.24) is 4.90 Å². The molecule has 2 aliphatic rings. The summed E-state index contributed by atoms with van der Waals surface area (Å²) >= 11 is 0. The average molecular weight is 399 g/mol. The Morgan fingerprint density at radius 3 is 2.55 bits per heavy atom. The van der Waals surface area contributed by atoms with Gasteiger partial charge < -0.3 is 24.8 Å². The second-order valence-electron chi connectivity index (χ2n) is 4.95. The van der Waals surface area contributed by atoms with Gasteiger partial charge in [-0.2, -0.15) is 0 Å². The zero-order chi connectivity index (χ0) is 13.7. The van der Waals surface area contributed by atoms with Gasteiger partial charge in [0.15, 0.2) is 11.7 Å². The van der Waals surface area contributed by atoms with E-state index in [9.17, 15) is 0 Å². The maximum atomic E-state index is 6.00. The largest absolute Gasteiger partial charge is 0.381 e. The van der Waals surface area contributed by atoms with Gasteiger partial charge in [-0.05, 0) is 13.8 Å². The lowest BCUT2D eigenvalue weighted by Gasteiger charge is -2.31. The predicted molar refractivity (Wildman–Crippen MR) is 88.4 cm³/mol. The van der Waals surface area contributed by atoms with Crippen LogP contribution in [0.2, 0.25) is 0 Å². The van der Waals surface area contributed by atoms with Gasteiger partial charge in [0.25, 0.3) is 0 Å². The fourth-order valence-electron chi connectivity index (χ4n) is 2.49. The highest BCUT2D eigenvalue weighted by Crippen LogP contribution is 2.33. The van der Waals surface area contributed by atoms with Crippen molar-refractivity contribution in [3.63, 3.8) is 0 Å². The summed E-state index contributed by atoms with van der Waals surface area (Å²) in [6.45, 7) is 8.44. The summed E-state index contributed by atoms with van der Waals surface area (Å²) < 4.78 is 17.2. The van der Waals surface area contributed by atoms with Crippen molar-refractivity contribution < 1.29 is 14.2 Å². The van der Waals surface area contributed by atoms with Gasteiger partial charge in [-0.25, -0.2) is 0 Å². The van der Waals surface area contributed by atoms with Crippen LogP contribution in [0, 0.1) is 0 Å². The lowest BCUT2D eigenvalue weighted by molar-refractivity contribution is -0.210. The molecule has 1 unspecified atom stereocenters. The molecule has 7 heteroatoms. The van der Waals surface area contributed by atoms with E-state index in [1.165, 1.54) is 0 Å². The van der Waals surface area contributed by atoms with Gasteiger partial charge in [-0.3, -0.25) is 4.99 Å². The molecular formula is C13H26IN3O3. The molecule has 2 heterocycles. The second kappa shape index (κ2) is 8.35. The monoisotopic (exact) mass is 399 g/mol. The van der Waals surface area contributed by atoms with Gasteiger partial charge in [-0.1, -0.05) is 0 Å². The maximum absolute atomic E-state index is 6.00. The van der Waals surface area contributed by atoms with Crippen molar-refractivity contribution >= 4 is 29.9 Å². The van der Waals surface area contributed by atoms with Gasteiger partial charge in [-0.15, -0.1) is 24.0 Å². The quantitative estimate of drug-likeness (QED) is 0.437. The van der Waals surface area contributed by atoms with Crippen LogP contribution >= 0.6 is 24.0 Å². The lowest BCUT2D eigenvalue weighted by Crippen LogP contribution is -2.39. The summed E-state index contributed by atoms with van der Waals surface area (Å²) in [5.74, 6) is 0.157. The minimum atomic E-state index is -0.428. The Hall–Kier alpha value is -0.120. The molecule has 2 aliphatic heterocycles. The third kappa shape index (κ3) is 4.44. The van der Waals surface area contributed by atoms with E-state index < -0.39 is 5.79 Å². The van der Waals surface area contributed by atoms with E-state index in [0.717, 1.165) is 25.9 Å². The van der Waals surface area contributed by atoms with Crippen LogP contribution in [0.1, 0.15) is 26.7 Å². The van der Waals surface area contributed by atoms with E-state index in [1.807, 2.05) is 4.90 Å². The van der Waals surface area contributed by atoms with Gasteiger partial charge in [0, 0.05) is 25.9 Å². The minimum absolute atomic E-state index is 0. The Labute approximate surface area is 138 Å². The van der Waals surface area contributed by atoms with E-state index >= 15 is 0 Å². The fraction of sp³-hybridized carbons (Fsp3) is 0.923. The third-order valence-corrected chi connectivity index (χ3v) is 3.71. The molecule has 0 amide bonds. The van der Waals surface area contributed by atoms with Crippen LogP contribution in [0.3, 0.4) is 0 Å². The second-order valence-corrected chi connectivity index (χ2v) is 4.95. The summed E-state index contributed by atoms with van der Waals surface area (Å²) in [5, 5.41) is 0. The van der Waals surface area contributed by atoms with Crippen LogP contribution in [-0.2, 0) is 14.2 Å². The molecular weight excluding hydrogens is 373 g/mol. The first-order valence-corrected chi connectivity index (χ1v) is 7.13. The lowest BCUT2D eigenvalue weighted by atomic mass is 10.1. The van der Waals surface area contributed by atoms with Gasteiger partial charge in [0.05, 0.1) is 26.4 Å². The number of guanidine groups is 1. The Kier molecular flexibility index (Phi) is 7.49. The molecule has 2 saturated heterocycles. The van der Waals surface area contributed by atoms with E-state index in [1.54, 1.807) is 0 Å². The van der Waals surface area contributed by atoms with Gasteiger partial charge >= 0.3 is 0 Å². The molecule has 0 bridgehead atoms. The SMILES string of the molecule is CCN(CC)C(N)=NCC1COC2(CCOCC2)O1.I. The van der Waals surface area contributed by atoms with E-state index in [0.29, 0.717) is 32.3 Å². The number of ether oxygens (including phenoxy) is 3. The van der Waals surface area contributed by atoms with E-state index in [-0.39, 0.29) is 30.1 Å². The number of rotatable bonds is 4. The summed E-state index contributed by atoms with van der Waals surface area (Å²) in [7, 11) is 0. The molecule has 0 aliphatic carbocycles. The van der Waals surface area contributed by atoms with Crippen molar-refractivity contribution in [2.24, 2.45) is 10.7 Å². The maximum Gasteiger partial charge on any atom is 0.191 e. The third-order valence-electron chi connectivity index (χ3n) is 3.71. The molecule has 2 N–H and O–H groups in total. The highest BCUT2D eigenvalue weighted by molar-refractivity contribution is 14.0. The van der Waals surface area contributed by atoms with Gasteiger partial charge in [0.1, 0.15) is 6.10 Å². The molecule has 0 radical (unpaired) electrons. The average Bonchev–Trinajstić information content (AvgIpc) is 2.82. The van der Waals surface area contributed by atoms with Crippen molar-refractivity contribution in [3.8, 4) is 0 Å². The van der Waals surface area contributed by atoms with Crippen LogP contribution in [0.5, 0.6) is 0 Å². The summed E-state index contributed by atoms with van der Waals surface area (Å²) in [6, 6.07) is 0. The topological polar surface area (TPSA) is 69.3 Å².